The average molecular weight is 449 g/mol. The zero-order chi connectivity index (χ0) is 23.0. The molecule has 0 fully saturated rings. The largest absolute Gasteiger partial charge is 0.490 e. The van der Waals surface area contributed by atoms with Crippen molar-refractivity contribution < 1.29 is 27.4 Å². The number of amides is 1. The van der Waals surface area contributed by atoms with E-state index >= 15 is 0 Å². The number of hydrogen-bond donors (Lipinski definition) is 1. The second-order valence-corrected chi connectivity index (χ2v) is 6.37. The first-order valence-electron chi connectivity index (χ1n) is 8.82. The number of alkyl halides is 3. The van der Waals surface area contributed by atoms with Crippen LogP contribution in [-0.2, 0) is 11.0 Å². The zero-order valence-corrected chi connectivity index (χ0v) is 17.0. The normalized spacial score (nSPS) is 11.3. The number of nitriles is 1. The summed E-state index contributed by atoms with van der Waals surface area (Å²) in [6.45, 7) is 1.99. The number of terminal acetylenes is 1. The summed E-state index contributed by atoms with van der Waals surface area (Å²) in [6.07, 6.45) is 1.84. The van der Waals surface area contributed by atoms with Crippen LogP contribution in [0.4, 0.5) is 18.9 Å². The summed E-state index contributed by atoms with van der Waals surface area (Å²) in [4.78, 5) is 12.4. The smallest absolute Gasteiger partial charge is 0.416 e. The lowest BCUT2D eigenvalue weighted by Gasteiger charge is -2.13. The van der Waals surface area contributed by atoms with Crippen molar-refractivity contribution in [3.63, 3.8) is 0 Å². The van der Waals surface area contributed by atoms with Gasteiger partial charge in [-0.05, 0) is 48.9 Å². The second kappa shape index (κ2) is 10.4. The standard InChI is InChI=1S/C22H16ClF3N2O3/c1-3-8-31-20-18(23)10-14(11-19(20)30-4-2)9-15(13-27)21(29)28-17-7-5-6-16(12-17)22(24,25)26/h1,5-7,9-12H,4,8H2,2H3,(H,28,29)/b15-9+. The van der Waals surface area contributed by atoms with Gasteiger partial charge >= 0.3 is 6.18 Å². The average Bonchev–Trinajstić information content (AvgIpc) is 2.71. The summed E-state index contributed by atoms with van der Waals surface area (Å²) < 4.78 is 49.4. The summed E-state index contributed by atoms with van der Waals surface area (Å²) >= 11 is 6.21. The zero-order valence-electron chi connectivity index (χ0n) is 16.2. The minimum Gasteiger partial charge on any atom is -0.490 e. The van der Waals surface area contributed by atoms with Gasteiger partial charge in [-0.25, -0.2) is 0 Å². The molecule has 0 aliphatic carbocycles. The molecule has 2 aromatic rings. The summed E-state index contributed by atoms with van der Waals surface area (Å²) in [6, 6.07) is 8.73. The van der Waals surface area contributed by atoms with Gasteiger partial charge in [0.1, 0.15) is 18.2 Å². The lowest BCUT2D eigenvalue weighted by molar-refractivity contribution is -0.137. The quantitative estimate of drug-likeness (QED) is 0.354. The van der Waals surface area contributed by atoms with Crippen molar-refractivity contribution in [2.75, 3.05) is 18.5 Å². The third-order valence-corrected chi connectivity index (χ3v) is 4.04. The fraction of sp³-hybridized carbons (Fsp3) is 0.182. The Morgan fingerprint density at radius 2 is 2.03 bits per heavy atom. The van der Waals surface area contributed by atoms with Crippen molar-refractivity contribution >= 4 is 29.3 Å². The predicted molar refractivity (Wildman–Crippen MR) is 111 cm³/mol. The Hall–Kier alpha value is -3.62. The summed E-state index contributed by atoms with van der Waals surface area (Å²) in [5.74, 6) is 1.89. The number of nitrogens with one attached hydrogen (secondary N) is 1. The second-order valence-electron chi connectivity index (χ2n) is 5.96. The van der Waals surface area contributed by atoms with Crippen molar-refractivity contribution in [1.29, 1.82) is 5.26 Å². The molecule has 0 bridgehead atoms. The highest BCUT2D eigenvalue weighted by molar-refractivity contribution is 6.32. The van der Waals surface area contributed by atoms with Crippen molar-refractivity contribution in [3.8, 4) is 29.9 Å². The van der Waals surface area contributed by atoms with Crippen LogP contribution in [0, 0.1) is 23.7 Å². The van der Waals surface area contributed by atoms with E-state index in [0.717, 1.165) is 18.2 Å². The summed E-state index contributed by atoms with van der Waals surface area (Å²) in [7, 11) is 0. The van der Waals surface area contributed by atoms with Gasteiger partial charge in [-0.15, -0.1) is 6.42 Å². The van der Waals surface area contributed by atoms with E-state index in [9.17, 15) is 23.2 Å². The molecule has 2 rings (SSSR count). The number of ether oxygens (including phenoxy) is 2. The van der Waals surface area contributed by atoms with Crippen molar-refractivity contribution in [2.45, 2.75) is 13.1 Å². The van der Waals surface area contributed by atoms with Crippen LogP contribution >= 0.6 is 11.6 Å². The molecule has 0 aromatic heterocycles. The van der Waals surface area contributed by atoms with Gasteiger partial charge in [-0.2, -0.15) is 18.4 Å². The minimum atomic E-state index is -4.57. The summed E-state index contributed by atoms with van der Waals surface area (Å²) in [5, 5.41) is 11.8. The van der Waals surface area contributed by atoms with Crippen molar-refractivity contribution in [2.24, 2.45) is 0 Å². The molecular weight excluding hydrogens is 433 g/mol. The Bertz CT molecular complexity index is 1080. The maximum Gasteiger partial charge on any atom is 0.416 e. The molecule has 5 nitrogen and oxygen atoms in total. The predicted octanol–water partition coefficient (Wildman–Crippen LogP) is 5.32. The minimum absolute atomic E-state index is 0.0438. The Kier molecular flexibility index (Phi) is 7.95. The molecule has 0 spiro atoms. The van der Waals surface area contributed by atoms with Crippen LogP contribution in [0.15, 0.2) is 42.0 Å². The van der Waals surface area contributed by atoms with Gasteiger partial charge in [-0.3, -0.25) is 4.79 Å². The molecule has 0 radical (unpaired) electrons. The van der Waals surface area contributed by atoms with Crippen molar-refractivity contribution in [1.82, 2.24) is 0 Å². The van der Waals surface area contributed by atoms with E-state index in [4.69, 9.17) is 27.5 Å². The van der Waals surface area contributed by atoms with E-state index in [1.807, 2.05) is 0 Å². The number of nitrogens with zero attached hydrogens (tertiary/aromatic N) is 1. The van der Waals surface area contributed by atoms with Crippen LogP contribution < -0.4 is 14.8 Å². The lowest BCUT2D eigenvalue weighted by Crippen LogP contribution is -2.14. The van der Waals surface area contributed by atoms with Gasteiger partial charge in [0.2, 0.25) is 0 Å². The SMILES string of the molecule is C#CCOc1c(Cl)cc(/C=C(\C#N)C(=O)Nc2cccc(C(F)(F)F)c2)cc1OCC. The highest BCUT2D eigenvalue weighted by atomic mass is 35.5. The maximum absolute atomic E-state index is 12.8. The molecule has 1 amide bonds. The first kappa shape index (κ1) is 23.7. The van der Waals surface area contributed by atoms with Crippen molar-refractivity contribution in [3.05, 3.63) is 58.1 Å². The number of rotatable bonds is 7. The van der Waals surface area contributed by atoms with Crippen LogP contribution in [0.1, 0.15) is 18.1 Å². The van der Waals surface area contributed by atoms with Gasteiger partial charge in [0, 0.05) is 5.69 Å². The molecule has 0 saturated heterocycles. The molecule has 160 valence electrons. The Balaban J connectivity index is 2.33. The number of halogens is 4. The summed E-state index contributed by atoms with van der Waals surface area (Å²) in [5.41, 5.74) is -1.04. The molecule has 2 aromatic carbocycles. The number of benzene rings is 2. The van der Waals surface area contributed by atoms with Gasteiger partial charge in [0.05, 0.1) is 17.2 Å². The molecule has 0 heterocycles. The third kappa shape index (κ3) is 6.43. The molecule has 0 saturated carbocycles. The third-order valence-electron chi connectivity index (χ3n) is 3.76. The fourth-order valence-corrected chi connectivity index (χ4v) is 2.75. The lowest BCUT2D eigenvalue weighted by atomic mass is 10.1. The van der Waals surface area contributed by atoms with E-state index in [-0.39, 0.29) is 41.0 Å². The first-order chi connectivity index (χ1) is 14.7. The molecule has 0 aliphatic heterocycles. The number of anilines is 1. The van der Waals surface area contributed by atoms with Crippen LogP contribution in [0.2, 0.25) is 5.02 Å². The van der Waals surface area contributed by atoms with Gasteiger partial charge in [0.25, 0.3) is 5.91 Å². The van der Waals surface area contributed by atoms with Gasteiger partial charge in [-0.1, -0.05) is 23.6 Å². The van der Waals surface area contributed by atoms with E-state index < -0.39 is 17.6 Å². The molecule has 1 N–H and O–H groups in total. The highest BCUT2D eigenvalue weighted by Crippen LogP contribution is 2.37. The van der Waals surface area contributed by atoms with Gasteiger partial charge in [0.15, 0.2) is 11.5 Å². The van der Waals surface area contributed by atoms with E-state index in [1.165, 1.54) is 24.3 Å². The Morgan fingerprint density at radius 3 is 2.65 bits per heavy atom. The molecule has 31 heavy (non-hydrogen) atoms. The van der Waals surface area contributed by atoms with E-state index in [0.29, 0.717) is 5.56 Å². The molecule has 0 unspecified atom stereocenters. The molecule has 9 heteroatoms. The fourth-order valence-electron chi connectivity index (χ4n) is 2.48. The Morgan fingerprint density at radius 1 is 1.29 bits per heavy atom. The van der Waals surface area contributed by atoms with Crippen LogP contribution in [0.5, 0.6) is 11.5 Å². The monoisotopic (exact) mass is 448 g/mol. The van der Waals surface area contributed by atoms with Crippen LogP contribution in [0.25, 0.3) is 6.08 Å². The highest BCUT2D eigenvalue weighted by Gasteiger charge is 2.30. The number of carbonyl (C=O) groups is 1. The maximum atomic E-state index is 12.8. The number of hydrogen-bond acceptors (Lipinski definition) is 4. The topological polar surface area (TPSA) is 71.3 Å². The molecule has 0 aliphatic rings. The first-order valence-corrected chi connectivity index (χ1v) is 9.20. The van der Waals surface area contributed by atoms with Gasteiger partial charge < -0.3 is 14.8 Å². The number of carbonyl (C=O) groups excluding carboxylic acids is 1. The molecule has 0 atom stereocenters. The Labute approximate surface area is 182 Å². The van der Waals surface area contributed by atoms with Crippen LogP contribution in [0.3, 0.4) is 0 Å². The van der Waals surface area contributed by atoms with E-state index in [2.05, 4.69) is 11.2 Å². The van der Waals surface area contributed by atoms with E-state index in [1.54, 1.807) is 13.0 Å². The molecular formula is C22H16ClF3N2O3. The van der Waals surface area contributed by atoms with Crippen LogP contribution in [-0.4, -0.2) is 19.1 Å².